The predicted molar refractivity (Wildman–Crippen MR) is 100 cm³/mol. The van der Waals surface area contributed by atoms with Crippen molar-refractivity contribution in [3.63, 3.8) is 0 Å². The van der Waals surface area contributed by atoms with Gasteiger partial charge in [-0.3, -0.25) is 4.79 Å². The smallest absolute Gasteiger partial charge is 0.224 e. The van der Waals surface area contributed by atoms with Crippen LogP contribution >= 0.6 is 0 Å². The maximum atomic E-state index is 12.3. The van der Waals surface area contributed by atoms with Gasteiger partial charge >= 0.3 is 0 Å². The van der Waals surface area contributed by atoms with E-state index in [0.29, 0.717) is 12.8 Å². The highest BCUT2D eigenvalue weighted by Gasteiger charge is 2.08. The normalized spacial score (nSPS) is 10.4. The van der Waals surface area contributed by atoms with Gasteiger partial charge in [-0.15, -0.1) is 0 Å². The molecule has 0 aliphatic carbocycles. The fourth-order valence-electron chi connectivity index (χ4n) is 2.54. The topological polar surface area (TPSA) is 59.6 Å². The second kappa shape index (κ2) is 9.69. The second-order valence-electron chi connectivity index (χ2n) is 5.71. The number of hydrogen-bond donors (Lipinski definition) is 2. The van der Waals surface area contributed by atoms with Crippen molar-refractivity contribution in [3.05, 3.63) is 53.6 Å². The number of anilines is 1. The number of carbonyl (C=O) groups is 1. The van der Waals surface area contributed by atoms with Crippen molar-refractivity contribution in [2.75, 3.05) is 26.1 Å². The number of benzene rings is 2. The van der Waals surface area contributed by atoms with Crippen LogP contribution in [0.25, 0.3) is 0 Å². The summed E-state index contributed by atoms with van der Waals surface area (Å²) in [4.78, 5) is 12.3. The quantitative estimate of drug-likeness (QED) is 0.733. The van der Waals surface area contributed by atoms with E-state index in [2.05, 4.69) is 17.6 Å². The van der Waals surface area contributed by atoms with Crippen molar-refractivity contribution in [2.24, 2.45) is 0 Å². The second-order valence-corrected chi connectivity index (χ2v) is 5.71. The van der Waals surface area contributed by atoms with E-state index in [9.17, 15) is 4.79 Å². The Hall–Kier alpha value is -2.53. The maximum absolute atomic E-state index is 12.3. The third-order valence-corrected chi connectivity index (χ3v) is 3.91. The summed E-state index contributed by atoms with van der Waals surface area (Å²) in [6.07, 6.45) is 1.01. The SMILES string of the molecule is CCNCc1ccccc1NC(=O)CCc1cc(OC)cc(OC)c1. The Morgan fingerprint density at radius 3 is 2.36 bits per heavy atom. The van der Waals surface area contributed by atoms with E-state index >= 15 is 0 Å². The molecule has 0 aliphatic rings. The molecule has 0 spiro atoms. The minimum absolute atomic E-state index is 0.00858. The molecule has 0 saturated carbocycles. The zero-order valence-corrected chi connectivity index (χ0v) is 15.1. The molecule has 1 amide bonds. The van der Waals surface area contributed by atoms with Crippen LogP contribution in [0.2, 0.25) is 0 Å². The number of para-hydroxylation sites is 1. The monoisotopic (exact) mass is 342 g/mol. The van der Waals surface area contributed by atoms with Crippen LogP contribution in [0.15, 0.2) is 42.5 Å². The highest BCUT2D eigenvalue weighted by Crippen LogP contribution is 2.23. The van der Waals surface area contributed by atoms with E-state index in [4.69, 9.17) is 9.47 Å². The van der Waals surface area contributed by atoms with Gasteiger partial charge in [-0.25, -0.2) is 0 Å². The molecule has 0 fully saturated rings. The first kappa shape index (κ1) is 18.8. The Kier molecular flexibility index (Phi) is 7.29. The fourth-order valence-corrected chi connectivity index (χ4v) is 2.54. The van der Waals surface area contributed by atoms with Crippen LogP contribution in [0.5, 0.6) is 11.5 Å². The molecule has 25 heavy (non-hydrogen) atoms. The number of methoxy groups -OCH3 is 2. The largest absolute Gasteiger partial charge is 0.497 e. The zero-order chi connectivity index (χ0) is 18.1. The summed E-state index contributed by atoms with van der Waals surface area (Å²) in [5.41, 5.74) is 2.95. The Morgan fingerprint density at radius 2 is 1.72 bits per heavy atom. The summed E-state index contributed by atoms with van der Waals surface area (Å²) in [7, 11) is 3.24. The summed E-state index contributed by atoms with van der Waals surface area (Å²) >= 11 is 0. The number of carbonyl (C=O) groups excluding carboxylic acids is 1. The highest BCUT2D eigenvalue weighted by atomic mass is 16.5. The summed E-state index contributed by atoms with van der Waals surface area (Å²) in [5, 5.41) is 6.29. The molecule has 0 atom stereocenters. The molecule has 2 aromatic rings. The molecule has 2 N–H and O–H groups in total. The van der Waals surface area contributed by atoms with Gasteiger partial charge in [0.1, 0.15) is 11.5 Å². The van der Waals surface area contributed by atoms with Gasteiger partial charge in [0.05, 0.1) is 14.2 Å². The Balaban J connectivity index is 1.97. The lowest BCUT2D eigenvalue weighted by molar-refractivity contribution is -0.116. The van der Waals surface area contributed by atoms with E-state index < -0.39 is 0 Å². The minimum Gasteiger partial charge on any atom is -0.497 e. The number of amides is 1. The number of rotatable bonds is 9. The van der Waals surface area contributed by atoms with Crippen molar-refractivity contribution >= 4 is 11.6 Å². The van der Waals surface area contributed by atoms with Crippen molar-refractivity contribution in [3.8, 4) is 11.5 Å². The Bertz CT molecular complexity index is 679. The van der Waals surface area contributed by atoms with Crippen LogP contribution in [0.1, 0.15) is 24.5 Å². The first-order chi connectivity index (χ1) is 12.2. The van der Waals surface area contributed by atoms with Crippen LogP contribution < -0.4 is 20.1 Å². The molecule has 134 valence electrons. The van der Waals surface area contributed by atoms with E-state index in [0.717, 1.165) is 41.4 Å². The first-order valence-electron chi connectivity index (χ1n) is 8.46. The molecule has 0 aromatic heterocycles. The van der Waals surface area contributed by atoms with Gasteiger partial charge in [-0.05, 0) is 42.3 Å². The van der Waals surface area contributed by atoms with Gasteiger partial charge < -0.3 is 20.1 Å². The minimum atomic E-state index is -0.00858. The fraction of sp³-hybridized carbons (Fsp3) is 0.350. The summed E-state index contributed by atoms with van der Waals surface area (Å²) in [6.45, 7) is 3.68. The van der Waals surface area contributed by atoms with Crippen molar-refractivity contribution < 1.29 is 14.3 Å². The summed E-state index contributed by atoms with van der Waals surface area (Å²) in [5.74, 6) is 1.45. The molecule has 0 radical (unpaired) electrons. The molecule has 5 nitrogen and oxygen atoms in total. The molecule has 5 heteroatoms. The van der Waals surface area contributed by atoms with Gasteiger partial charge in [0.25, 0.3) is 0 Å². The number of nitrogens with one attached hydrogen (secondary N) is 2. The van der Waals surface area contributed by atoms with Gasteiger partial charge in [-0.2, -0.15) is 0 Å². The number of ether oxygens (including phenoxy) is 2. The third kappa shape index (κ3) is 5.80. The van der Waals surface area contributed by atoms with Crippen LogP contribution in [-0.4, -0.2) is 26.7 Å². The van der Waals surface area contributed by atoms with E-state index in [-0.39, 0.29) is 5.91 Å². The van der Waals surface area contributed by atoms with Crippen LogP contribution in [-0.2, 0) is 17.8 Å². The Labute approximate surface area is 149 Å². The van der Waals surface area contributed by atoms with Crippen molar-refractivity contribution in [1.29, 1.82) is 0 Å². The van der Waals surface area contributed by atoms with Gasteiger partial charge in [-0.1, -0.05) is 25.1 Å². The lowest BCUT2D eigenvalue weighted by Crippen LogP contribution is -2.17. The van der Waals surface area contributed by atoms with E-state index in [1.807, 2.05) is 42.5 Å². The molecule has 0 heterocycles. The third-order valence-electron chi connectivity index (χ3n) is 3.91. The van der Waals surface area contributed by atoms with E-state index in [1.165, 1.54) is 0 Å². The lowest BCUT2D eigenvalue weighted by Gasteiger charge is -2.12. The standard InChI is InChI=1S/C20H26N2O3/c1-4-21-14-16-7-5-6-8-19(16)22-20(23)10-9-15-11-17(24-2)13-18(12-15)25-3/h5-8,11-13,21H,4,9-10,14H2,1-3H3,(H,22,23). The molecular formula is C20H26N2O3. The van der Waals surface area contributed by atoms with Gasteiger partial charge in [0.2, 0.25) is 5.91 Å². The van der Waals surface area contributed by atoms with Crippen LogP contribution in [0.3, 0.4) is 0 Å². The number of aryl methyl sites for hydroxylation is 1. The molecule has 2 aromatic carbocycles. The summed E-state index contributed by atoms with van der Waals surface area (Å²) < 4.78 is 10.5. The molecule has 0 saturated heterocycles. The van der Waals surface area contributed by atoms with Crippen LogP contribution in [0, 0.1) is 0 Å². The Morgan fingerprint density at radius 1 is 1.04 bits per heavy atom. The van der Waals surface area contributed by atoms with Crippen LogP contribution in [0.4, 0.5) is 5.69 Å². The predicted octanol–water partition coefficient (Wildman–Crippen LogP) is 3.38. The van der Waals surface area contributed by atoms with Gasteiger partial charge in [0.15, 0.2) is 0 Å². The van der Waals surface area contributed by atoms with Crippen molar-refractivity contribution in [2.45, 2.75) is 26.3 Å². The average Bonchev–Trinajstić information content (AvgIpc) is 2.65. The lowest BCUT2D eigenvalue weighted by atomic mass is 10.1. The number of hydrogen-bond acceptors (Lipinski definition) is 4. The maximum Gasteiger partial charge on any atom is 0.224 e. The molecule has 0 unspecified atom stereocenters. The molecular weight excluding hydrogens is 316 g/mol. The molecule has 0 aliphatic heterocycles. The molecule has 0 bridgehead atoms. The summed E-state index contributed by atoms with van der Waals surface area (Å²) in [6, 6.07) is 13.5. The molecule has 2 rings (SSSR count). The first-order valence-corrected chi connectivity index (χ1v) is 8.46. The van der Waals surface area contributed by atoms with Gasteiger partial charge in [0, 0.05) is 24.7 Å². The average molecular weight is 342 g/mol. The zero-order valence-electron chi connectivity index (χ0n) is 15.1. The van der Waals surface area contributed by atoms with Crippen molar-refractivity contribution in [1.82, 2.24) is 5.32 Å². The van der Waals surface area contributed by atoms with E-state index in [1.54, 1.807) is 14.2 Å². The highest BCUT2D eigenvalue weighted by molar-refractivity contribution is 5.91.